The number of carbonyl (C=O) groups is 1. The number of hydrogen-bond donors (Lipinski definition) is 0. The summed E-state index contributed by atoms with van der Waals surface area (Å²) < 4.78 is 6.18. The molecule has 2 aliphatic carbocycles. The first-order valence-corrected chi connectivity index (χ1v) is 8.46. The third-order valence-electron chi connectivity index (χ3n) is 5.42. The second-order valence-electron chi connectivity index (χ2n) is 7.00. The normalized spacial score (nSPS) is 24.5. The van der Waals surface area contributed by atoms with E-state index in [2.05, 4.69) is 39.0 Å². The molecule has 21 heavy (non-hydrogen) atoms. The minimum Gasteiger partial charge on any atom is -0.469 e. The fourth-order valence-corrected chi connectivity index (χ4v) is 4.26. The van der Waals surface area contributed by atoms with Crippen molar-refractivity contribution in [1.82, 2.24) is 4.90 Å². The first-order valence-electron chi connectivity index (χ1n) is 7.67. The highest BCUT2D eigenvalue weighted by Gasteiger charge is 2.55. The van der Waals surface area contributed by atoms with E-state index in [9.17, 15) is 4.79 Å². The van der Waals surface area contributed by atoms with Gasteiger partial charge in [0.15, 0.2) is 0 Å². The molecule has 0 saturated heterocycles. The fourth-order valence-electron chi connectivity index (χ4n) is 3.90. The molecular weight excluding hydrogens is 330 g/mol. The molecule has 1 aromatic rings. The molecule has 0 radical (unpaired) electrons. The summed E-state index contributed by atoms with van der Waals surface area (Å²) in [5.41, 5.74) is 3.10. The lowest BCUT2D eigenvalue weighted by Gasteiger charge is -2.36. The van der Waals surface area contributed by atoms with Gasteiger partial charge in [-0.1, -0.05) is 22.0 Å². The van der Waals surface area contributed by atoms with Gasteiger partial charge < -0.3 is 4.74 Å². The summed E-state index contributed by atoms with van der Waals surface area (Å²) in [6.07, 6.45) is 4.52. The molecule has 4 rings (SSSR count). The van der Waals surface area contributed by atoms with E-state index in [-0.39, 0.29) is 11.4 Å². The van der Waals surface area contributed by atoms with Crippen LogP contribution in [-0.4, -0.2) is 31.1 Å². The Hall–Kier alpha value is -0.870. The molecule has 2 fully saturated rings. The number of benzene rings is 1. The molecule has 1 spiro atoms. The molecule has 3 aliphatic rings. The maximum absolute atomic E-state index is 12.0. The number of halogens is 1. The molecule has 0 amide bonds. The summed E-state index contributed by atoms with van der Waals surface area (Å²) in [5.74, 6) is -0.0195. The third-order valence-corrected chi connectivity index (χ3v) is 5.91. The van der Waals surface area contributed by atoms with Crippen molar-refractivity contribution in [3.05, 3.63) is 33.8 Å². The first kappa shape index (κ1) is 13.8. The Balaban J connectivity index is 1.58. The lowest BCUT2D eigenvalue weighted by Crippen LogP contribution is -2.42. The van der Waals surface area contributed by atoms with E-state index in [0.29, 0.717) is 5.41 Å². The molecule has 112 valence electrons. The van der Waals surface area contributed by atoms with E-state index in [0.717, 1.165) is 32.5 Å². The second kappa shape index (κ2) is 4.56. The number of esters is 1. The van der Waals surface area contributed by atoms with Crippen LogP contribution >= 0.6 is 15.9 Å². The summed E-state index contributed by atoms with van der Waals surface area (Å²) in [6.45, 7) is 2.91. The van der Waals surface area contributed by atoms with E-state index in [4.69, 9.17) is 4.74 Å². The van der Waals surface area contributed by atoms with Crippen LogP contribution in [0.25, 0.3) is 0 Å². The number of carbonyl (C=O) groups excluding carboxylic acids is 1. The van der Waals surface area contributed by atoms with Crippen LogP contribution in [0.2, 0.25) is 0 Å². The summed E-state index contributed by atoms with van der Waals surface area (Å²) in [7, 11) is 1.51. The average molecular weight is 350 g/mol. The highest BCUT2D eigenvalue weighted by atomic mass is 79.9. The Bertz CT molecular complexity index is 605. The van der Waals surface area contributed by atoms with Crippen LogP contribution in [0.3, 0.4) is 0 Å². The average Bonchev–Trinajstić information content (AvgIpc) is 3.38. The summed E-state index contributed by atoms with van der Waals surface area (Å²) in [4.78, 5) is 14.5. The zero-order chi connectivity index (χ0) is 14.7. The van der Waals surface area contributed by atoms with E-state index in [1.54, 1.807) is 0 Å². The highest BCUT2D eigenvalue weighted by Crippen LogP contribution is 2.54. The van der Waals surface area contributed by atoms with Crippen molar-refractivity contribution in [1.29, 1.82) is 0 Å². The molecule has 0 N–H and O–H groups in total. The lowest BCUT2D eigenvalue weighted by atomic mass is 9.86. The Morgan fingerprint density at radius 3 is 2.71 bits per heavy atom. The van der Waals surface area contributed by atoms with Gasteiger partial charge in [0, 0.05) is 29.5 Å². The Kier molecular flexibility index (Phi) is 2.99. The molecule has 3 nitrogen and oxygen atoms in total. The van der Waals surface area contributed by atoms with Crippen molar-refractivity contribution >= 4 is 21.9 Å². The number of rotatable bonds is 3. The zero-order valence-corrected chi connectivity index (χ0v) is 13.9. The second-order valence-corrected chi connectivity index (χ2v) is 7.91. The lowest BCUT2D eigenvalue weighted by molar-refractivity contribution is -0.148. The molecule has 0 atom stereocenters. The standard InChI is InChI=1S/C17H20BrNO2/c1-21-15(20)17(6-7-17)11-19-9-12-2-3-13(18)8-14(12)16(10-19)4-5-16/h2-3,8H,4-7,9-11H2,1H3. The minimum atomic E-state index is -0.211. The summed E-state index contributed by atoms with van der Waals surface area (Å²) in [6, 6.07) is 6.67. The fraction of sp³-hybridized carbons (Fsp3) is 0.588. The highest BCUT2D eigenvalue weighted by molar-refractivity contribution is 9.10. The molecular formula is C17H20BrNO2. The van der Waals surface area contributed by atoms with Crippen molar-refractivity contribution < 1.29 is 9.53 Å². The minimum absolute atomic E-state index is 0.0195. The van der Waals surface area contributed by atoms with E-state index >= 15 is 0 Å². The van der Waals surface area contributed by atoms with Crippen molar-refractivity contribution in [3.63, 3.8) is 0 Å². The van der Waals surface area contributed by atoms with Gasteiger partial charge >= 0.3 is 5.97 Å². The maximum Gasteiger partial charge on any atom is 0.313 e. The number of hydrogen-bond acceptors (Lipinski definition) is 3. The van der Waals surface area contributed by atoms with Gasteiger partial charge in [-0.25, -0.2) is 0 Å². The van der Waals surface area contributed by atoms with E-state index < -0.39 is 0 Å². The van der Waals surface area contributed by atoms with Gasteiger partial charge in [0.1, 0.15) is 0 Å². The van der Waals surface area contributed by atoms with Crippen LogP contribution in [-0.2, 0) is 21.5 Å². The number of nitrogens with zero attached hydrogens (tertiary/aromatic N) is 1. The summed E-state index contributed by atoms with van der Waals surface area (Å²) >= 11 is 3.60. The van der Waals surface area contributed by atoms with Crippen LogP contribution in [0, 0.1) is 5.41 Å². The van der Waals surface area contributed by atoms with Gasteiger partial charge in [-0.3, -0.25) is 9.69 Å². The predicted octanol–water partition coefficient (Wildman–Crippen LogP) is 3.25. The van der Waals surface area contributed by atoms with Crippen molar-refractivity contribution in [2.45, 2.75) is 37.6 Å². The first-order chi connectivity index (χ1) is 10.1. The number of ether oxygens (including phenoxy) is 1. The molecule has 1 aromatic carbocycles. The molecule has 1 aliphatic heterocycles. The largest absolute Gasteiger partial charge is 0.469 e. The maximum atomic E-state index is 12.0. The van der Waals surface area contributed by atoms with Crippen LogP contribution in [0.1, 0.15) is 36.8 Å². The van der Waals surface area contributed by atoms with Gasteiger partial charge in [0.05, 0.1) is 12.5 Å². The van der Waals surface area contributed by atoms with Crippen molar-refractivity contribution in [3.8, 4) is 0 Å². The number of fused-ring (bicyclic) bond motifs is 2. The van der Waals surface area contributed by atoms with Gasteiger partial charge in [0.25, 0.3) is 0 Å². The molecule has 0 bridgehead atoms. The SMILES string of the molecule is COC(=O)C1(CN2Cc3ccc(Br)cc3C3(CC3)C2)CC1. The van der Waals surface area contributed by atoms with Gasteiger partial charge in [-0.05, 0) is 48.9 Å². The van der Waals surface area contributed by atoms with Gasteiger partial charge in [0.2, 0.25) is 0 Å². The third kappa shape index (κ3) is 2.23. The topological polar surface area (TPSA) is 29.5 Å². The quantitative estimate of drug-likeness (QED) is 0.784. The molecule has 1 heterocycles. The monoisotopic (exact) mass is 349 g/mol. The molecule has 4 heteroatoms. The Morgan fingerprint density at radius 2 is 2.10 bits per heavy atom. The molecule has 0 unspecified atom stereocenters. The molecule has 0 aromatic heterocycles. The van der Waals surface area contributed by atoms with Crippen LogP contribution < -0.4 is 0 Å². The number of methoxy groups -OCH3 is 1. The molecule has 2 saturated carbocycles. The van der Waals surface area contributed by atoms with Crippen LogP contribution in [0.4, 0.5) is 0 Å². The Labute approximate surface area is 133 Å². The van der Waals surface area contributed by atoms with Crippen molar-refractivity contribution in [2.75, 3.05) is 20.2 Å². The summed E-state index contributed by atoms with van der Waals surface area (Å²) in [5, 5.41) is 0. The van der Waals surface area contributed by atoms with Crippen molar-refractivity contribution in [2.24, 2.45) is 5.41 Å². The van der Waals surface area contributed by atoms with Crippen LogP contribution in [0.5, 0.6) is 0 Å². The van der Waals surface area contributed by atoms with E-state index in [1.165, 1.54) is 35.6 Å². The zero-order valence-electron chi connectivity index (χ0n) is 12.3. The van der Waals surface area contributed by atoms with Crippen LogP contribution in [0.15, 0.2) is 22.7 Å². The predicted molar refractivity (Wildman–Crippen MR) is 84.0 cm³/mol. The van der Waals surface area contributed by atoms with Gasteiger partial charge in [-0.2, -0.15) is 0 Å². The smallest absolute Gasteiger partial charge is 0.313 e. The van der Waals surface area contributed by atoms with Gasteiger partial charge in [-0.15, -0.1) is 0 Å². The Morgan fingerprint density at radius 1 is 1.33 bits per heavy atom. The van der Waals surface area contributed by atoms with E-state index in [1.807, 2.05) is 0 Å².